The molecule has 0 saturated heterocycles. The summed E-state index contributed by atoms with van der Waals surface area (Å²) in [6, 6.07) is 104. The van der Waals surface area contributed by atoms with E-state index in [2.05, 4.69) is 302 Å². The molecule has 346 valence electrons. The van der Waals surface area contributed by atoms with Gasteiger partial charge in [0.2, 0.25) is 0 Å². The highest BCUT2D eigenvalue weighted by molar-refractivity contribution is 6.01. The molecule has 12 aromatic rings. The van der Waals surface area contributed by atoms with Gasteiger partial charge in [-0.15, -0.1) is 0 Å². The summed E-state index contributed by atoms with van der Waals surface area (Å²) in [5.41, 5.74) is 18.1. The Morgan fingerprint density at radius 1 is 0.301 bits per heavy atom. The number of nitrogens with zero attached hydrogens (tertiary/aromatic N) is 1. The van der Waals surface area contributed by atoms with Crippen LogP contribution in [0.3, 0.4) is 0 Å². The van der Waals surface area contributed by atoms with Crippen LogP contribution >= 0.6 is 0 Å². The molecule has 0 radical (unpaired) electrons. The lowest BCUT2D eigenvalue weighted by atomic mass is 9.92. The summed E-state index contributed by atoms with van der Waals surface area (Å²) in [6.07, 6.45) is 6.43. The van der Waals surface area contributed by atoms with E-state index in [1.165, 1.54) is 99.1 Å². The Bertz CT molecular complexity index is 3890. The SMILES string of the molecule is C(=C(\Cc1ccccc1)c1ccc(-c2ccc(N(c3ccc(-c4ccc(/C=C(/Cc5ccccc5)c5cccc6ccccc56)cc4)cc3)c3cccc4ccccc34)cc2)cc1)/c1cccc2ccccc12. The molecule has 0 unspecified atom stereocenters. The van der Waals surface area contributed by atoms with Gasteiger partial charge < -0.3 is 4.90 Å². The van der Waals surface area contributed by atoms with Crippen molar-refractivity contribution < 1.29 is 0 Å². The molecule has 0 fully saturated rings. The van der Waals surface area contributed by atoms with Crippen molar-refractivity contribution >= 4 is 72.7 Å². The Labute approximate surface area is 429 Å². The standard InChI is InChI=1S/C72H53N/c1-3-16-52(17-4-1)48-64(51-63-26-13-23-60-20-7-10-27-68(60)63)59-38-36-56(37-39-59)58-42-46-67(47-43-58)73(72-31-15-25-62-22-9-12-29-71(62)72)66-44-40-57(41-45-66)55-34-32-54(33-35-55)50-65(49-53-18-5-2-6-19-53)70-30-14-24-61-21-8-11-28-69(61)70/h1-47,50-51H,48-49H2/b64-51-,65-50-. The first-order valence-corrected chi connectivity index (χ1v) is 25.3. The number of fused-ring (bicyclic) bond motifs is 3. The summed E-state index contributed by atoms with van der Waals surface area (Å²) in [5.74, 6) is 0. The maximum Gasteiger partial charge on any atom is 0.0540 e. The van der Waals surface area contributed by atoms with Crippen LogP contribution in [0.2, 0.25) is 0 Å². The van der Waals surface area contributed by atoms with Crippen LogP contribution in [0.5, 0.6) is 0 Å². The van der Waals surface area contributed by atoms with Crippen LogP contribution in [0, 0.1) is 0 Å². The number of anilines is 3. The van der Waals surface area contributed by atoms with Gasteiger partial charge in [-0.2, -0.15) is 0 Å². The van der Waals surface area contributed by atoms with Gasteiger partial charge in [-0.05, 0) is 137 Å². The number of hydrogen-bond donors (Lipinski definition) is 0. The van der Waals surface area contributed by atoms with E-state index in [0.717, 1.165) is 29.9 Å². The molecule has 0 aliphatic carbocycles. The van der Waals surface area contributed by atoms with Crippen molar-refractivity contribution in [3.63, 3.8) is 0 Å². The number of allylic oxidation sites excluding steroid dienone is 2. The summed E-state index contributed by atoms with van der Waals surface area (Å²) >= 11 is 0. The van der Waals surface area contributed by atoms with Gasteiger partial charge in [0.05, 0.1) is 5.69 Å². The van der Waals surface area contributed by atoms with Gasteiger partial charge in [-0.3, -0.25) is 0 Å². The molecule has 12 rings (SSSR count). The zero-order valence-electron chi connectivity index (χ0n) is 40.7. The van der Waals surface area contributed by atoms with E-state index in [1.54, 1.807) is 0 Å². The first-order valence-electron chi connectivity index (χ1n) is 25.3. The predicted octanol–water partition coefficient (Wildman–Crippen LogP) is 19.5. The summed E-state index contributed by atoms with van der Waals surface area (Å²) in [7, 11) is 0. The molecular weight excluding hydrogens is 879 g/mol. The highest BCUT2D eigenvalue weighted by atomic mass is 15.1. The molecule has 73 heavy (non-hydrogen) atoms. The smallest absolute Gasteiger partial charge is 0.0540 e. The second-order valence-corrected chi connectivity index (χ2v) is 18.9. The minimum atomic E-state index is 0.844. The molecule has 12 aromatic carbocycles. The van der Waals surface area contributed by atoms with Crippen molar-refractivity contribution in [3.8, 4) is 22.3 Å². The van der Waals surface area contributed by atoms with Crippen molar-refractivity contribution in [2.24, 2.45) is 0 Å². The fourth-order valence-electron chi connectivity index (χ4n) is 10.4. The average Bonchev–Trinajstić information content (AvgIpc) is 3.46. The van der Waals surface area contributed by atoms with Crippen molar-refractivity contribution in [2.45, 2.75) is 12.8 Å². The number of rotatable bonds is 13. The van der Waals surface area contributed by atoms with E-state index in [4.69, 9.17) is 0 Å². The predicted molar refractivity (Wildman–Crippen MR) is 313 cm³/mol. The van der Waals surface area contributed by atoms with Crippen LogP contribution in [-0.4, -0.2) is 0 Å². The highest BCUT2D eigenvalue weighted by Crippen LogP contribution is 2.41. The van der Waals surface area contributed by atoms with Crippen LogP contribution in [0.1, 0.15) is 33.4 Å². The Morgan fingerprint density at radius 3 is 1.32 bits per heavy atom. The minimum absolute atomic E-state index is 0.844. The molecule has 0 atom stereocenters. The van der Waals surface area contributed by atoms with Crippen molar-refractivity contribution in [2.75, 3.05) is 4.90 Å². The topological polar surface area (TPSA) is 3.24 Å². The van der Waals surface area contributed by atoms with Gasteiger partial charge in [0.25, 0.3) is 0 Å². The summed E-state index contributed by atoms with van der Waals surface area (Å²) in [6.45, 7) is 0. The zero-order chi connectivity index (χ0) is 48.8. The van der Waals surface area contributed by atoms with Crippen molar-refractivity contribution in [3.05, 3.63) is 318 Å². The Hall–Kier alpha value is -9.30. The third-order valence-corrected chi connectivity index (χ3v) is 14.2. The van der Waals surface area contributed by atoms with Crippen LogP contribution < -0.4 is 4.90 Å². The van der Waals surface area contributed by atoms with Gasteiger partial charge >= 0.3 is 0 Å². The van der Waals surface area contributed by atoms with Gasteiger partial charge in [-0.25, -0.2) is 0 Å². The lowest BCUT2D eigenvalue weighted by Gasteiger charge is -2.27. The zero-order valence-corrected chi connectivity index (χ0v) is 40.7. The molecule has 0 heterocycles. The van der Waals surface area contributed by atoms with Crippen molar-refractivity contribution in [1.29, 1.82) is 0 Å². The molecule has 0 spiro atoms. The van der Waals surface area contributed by atoms with Gasteiger partial charge in [-0.1, -0.05) is 267 Å². The second-order valence-electron chi connectivity index (χ2n) is 18.9. The van der Waals surface area contributed by atoms with E-state index >= 15 is 0 Å². The molecule has 1 heteroatoms. The molecule has 0 saturated carbocycles. The quantitative estimate of drug-likeness (QED) is 0.104. The maximum absolute atomic E-state index is 2.39. The first kappa shape index (κ1) is 44.9. The molecule has 0 aliphatic heterocycles. The van der Waals surface area contributed by atoms with E-state index in [1.807, 2.05) is 0 Å². The van der Waals surface area contributed by atoms with E-state index in [-0.39, 0.29) is 0 Å². The molecule has 1 nitrogen and oxygen atoms in total. The number of benzene rings is 12. The van der Waals surface area contributed by atoms with E-state index < -0.39 is 0 Å². The Balaban J connectivity index is 0.840. The van der Waals surface area contributed by atoms with Crippen LogP contribution in [0.25, 0.3) is 77.9 Å². The van der Waals surface area contributed by atoms with Gasteiger partial charge in [0.15, 0.2) is 0 Å². The van der Waals surface area contributed by atoms with Crippen LogP contribution in [-0.2, 0) is 12.8 Å². The molecule has 0 aromatic heterocycles. The molecular formula is C72H53N. The Kier molecular flexibility index (Phi) is 12.7. The van der Waals surface area contributed by atoms with Gasteiger partial charge in [0, 0.05) is 16.8 Å². The molecule has 0 bridgehead atoms. The van der Waals surface area contributed by atoms with Gasteiger partial charge in [0.1, 0.15) is 0 Å². The van der Waals surface area contributed by atoms with Crippen LogP contribution in [0.4, 0.5) is 17.1 Å². The fourth-order valence-corrected chi connectivity index (χ4v) is 10.4. The highest BCUT2D eigenvalue weighted by Gasteiger charge is 2.17. The third-order valence-electron chi connectivity index (χ3n) is 14.2. The second kappa shape index (κ2) is 20.6. The van der Waals surface area contributed by atoms with Crippen LogP contribution in [0.15, 0.2) is 285 Å². The number of hydrogen-bond acceptors (Lipinski definition) is 1. The fraction of sp³-hybridized carbons (Fsp3) is 0.0278. The lowest BCUT2D eigenvalue weighted by molar-refractivity contribution is 1.29. The largest absolute Gasteiger partial charge is 0.310 e. The molecule has 0 N–H and O–H groups in total. The summed E-state index contributed by atoms with van der Waals surface area (Å²) in [4.78, 5) is 2.39. The molecule has 0 amide bonds. The monoisotopic (exact) mass is 931 g/mol. The normalized spacial score (nSPS) is 11.8. The average molecular weight is 932 g/mol. The maximum atomic E-state index is 2.39. The van der Waals surface area contributed by atoms with Crippen molar-refractivity contribution in [1.82, 2.24) is 0 Å². The third kappa shape index (κ3) is 9.78. The lowest BCUT2D eigenvalue weighted by Crippen LogP contribution is -2.10. The summed E-state index contributed by atoms with van der Waals surface area (Å²) < 4.78 is 0. The van der Waals surface area contributed by atoms with E-state index in [0.29, 0.717) is 0 Å². The molecule has 0 aliphatic rings. The first-order chi connectivity index (χ1) is 36.2. The summed E-state index contributed by atoms with van der Waals surface area (Å²) in [5, 5.41) is 7.46. The minimum Gasteiger partial charge on any atom is -0.310 e. The Morgan fingerprint density at radius 2 is 0.726 bits per heavy atom. The van der Waals surface area contributed by atoms with E-state index in [9.17, 15) is 0 Å².